The van der Waals surface area contributed by atoms with Gasteiger partial charge in [-0.05, 0) is 0 Å². The number of benzene rings is 10. The molecule has 0 fully saturated rings. The van der Waals surface area contributed by atoms with Gasteiger partial charge in [-0.3, -0.25) is 0 Å². The standard InChI is InChI=1S/C54H36Se/c1-33-15-14-16-34(2)50(33)54-45-25-12-10-23-43(45)53(44-24-11-13-26-46(44)54)37-27-29-38-47-31-36(28-30-48(47)55-49(38)32-37)52-41-21-8-6-19-39(41)51(35-17-4-3-5-18-35)40-20-7-9-22-42(40)52/h3-32H,1-2H3. The first kappa shape index (κ1) is 32.2. The first-order valence-electron chi connectivity index (χ1n) is 19.1. The van der Waals surface area contributed by atoms with Crippen LogP contribution >= 0.6 is 0 Å². The normalized spacial score (nSPS) is 11.8. The van der Waals surface area contributed by atoms with Crippen molar-refractivity contribution >= 4 is 76.9 Å². The summed E-state index contributed by atoms with van der Waals surface area (Å²) in [7, 11) is 0. The summed E-state index contributed by atoms with van der Waals surface area (Å²) in [6.45, 7) is 4.49. The molecule has 0 amide bonds. The van der Waals surface area contributed by atoms with Gasteiger partial charge in [-0.2, -0.15) is 0 Å². The maximum absolute atomic E-state index is 2.50. The molecule has 0 aliphatic heterocycles. The van der Waals surface area contributed by atoms with E-state index in [-0.39, 0.29) is 14.5 Å². The van der Waals surface area contributed by atoms with E-state index in [1.807, 2.05) is 0 Å². The van der Waals surface area contributed by atoms with Crippen LogP contribution in [0.1, 0.15) is 11.1 Å². The van der Waals surface area contributed by atoms with Crippen molar-refractivity contribution in [3.63, 3.8) is 0 Å². The van der Waals surface area contributed by atoms with Crippen molar-refractivity contribution in [2.24, 2.45) is 0 Å². The molecule has 0 unspecified atom stereocenters. The number of hydrogen-bond acceptors (Lipinski definition) is 0. The van der Waals surface area contributed by atoms with Crippen LogP contribution in [-0.4, -0.2) is 14.5 Å². The maximum atomic E-state index is 2.50. The Kier molecular flexibility index (Phi) is 7.42. The SMILES string of the molecule is Cc1cccc(C)c1-c1c2ccccc2c(-c2ccc3c(c2)[se]c2ccc(-c4c5ccccc5c(-c5ccccc5)c5ccccc45)cc23)c2ccccc12. The van der Waals surface area contributed by atoms with E-state index in [0.29, 0.717) is 0 Å². The van der Waals surface area contributed by atoms with Crippen LogP contribution in [0.3, 0.4) is 0 Å². The molecule has 11 rings (SSSR count). The number of hydrogen-bond donors (Lipinski definition) is 0. The van der Waals surface area contributed by atoms with E-state index in [2.05, 4.69) is 196 Å². The van der Waals surface area contributed by atoms with Gasteiger partial charge in [0.25, 0.3) is 0 Å². The number of rotatable bonds is 4. The molecule has 1 aromatic heterocycles. The molecule has 0 saturated carbocycles. The first-order chi connectivity index (χ1) is 27.1. The fourth-order valence-electron chi connectivity index (χ4n) is 9.36. The average molecular weight is 764 g/mol. The zero-order chi connectivity index (χ0) is 36.6. The second-order valence-electron chi connectivity index (χ2n) is 14.8. The third-order valence-corrected chi connectivity index (χ3v) is 14.1. The summed E-state index contributed by atoms with van der Waals surface area (Å²) in [6, 6.07) is 68.1. The molecule has 0 bridgehead atoms. The fraction of sp³-hybridized carbons (Fsp3) is 0.0370. The Morgan fingerprint density at radius 1 is 0.255 bits per heavy atom. The molecular formula is C54H36Se. The molecule has 258 valence electrons. The molecule has 0 nitrogen and oxygen atoms in total. The summed E-state index contributed by atoms with van der Waals surface area (Å²) in [6.07, 6.45) is 0. The van der Waals surface area contributed by atoms with Gasteiger partial charge in [0.15, 0.2) is 0 Å². The summed E-state index contributed by atoms with van der Waals surface area (Å²) < 4.78 is 2.91. The molecule has 0 radical (unpaired) electrons. The Labute approximate surface area is 326 Å². The van der Waals surface area contributed by atoms with Crippen LogP contribution in [0.4, 0.5) is 0 Å². The van der Waals surface area contributed by atoms with Crippen LogP contribution in [0.2, 0.25) is 0 Å². The van der Waals surface area contributed by atoms with Crippen molar-refractivity contribution in [1.29, 1.82) is 0 Å². The van der Waals surface area contributed by atoms with Gasteiger partial charge in [0, 0.05) is 0 Å². The Hall–Kier alpha value is -6.24. The van der Waals surface area contributed by atoms with Crippen LogP contribution < -0.4 is 0 Å². The van der Waals surface area contributed by atoms with Crippen molar-refractivity contribution in [2.45, 2.75) is 13.8 Å². The van der Waals surface area contributed by atoms with Gasteiger partial charge >= 0.3 is 328 Å². The van der Waals surface area contributed by atoms with Crippen molar-refractivity contribution in [1.82, 2.24) is 0 Å². The minimum absolute atomic E-state index is 0.213. The third kappa shape index (κ3) is 4.98. The molecule has 0 aliphatic carbocycles. The Morgan fingerprint density at radius 2 is 0.673 bits per heavy atom. The van der Waals surface area contributed by atoms with Gasteiger partial charge in [-0.25, -0.2) is 0 Å². The quantitative estimate of drug-likeness (QED) is 0.124. The molecule has 1 heterocycles. The van der Waals surface area contributed by atoms with E-state index < -0.39 is 0 Å². The average Bonchev–Trinajstić information content (AvgIpc) is 3.60. The predicted molar refractivity (Wildman–Crippen MR) is 240 cm³/mol. The van der Waals surface area contributed by atoms with E-state index in [1.165, 1.54) is 118 Å². The van der Waals surface area contributed by atoms with Crippen molar-refractivity contribution in [2.75, 3.05) is 0 Å². The molecule has 0 N–H and O–H groups in total. The van der Waals surface area contributed by atoms with E-state index in [4.69, 9.17) is 0 Å². The Morgan fingerprint density at radius 3 is 1.18 bits per heavy atom. The van der Waals surface area contributed by atoms with Gasteiger partial charge < -0.3 is 0 Å². The molecule has 1 heteroatoms. The number of aryl methyl sites for hydroxylation is 2. The van der Waals surface area contributed by atoms with E-state index in [1.54, 1.807) is 0 Å². The first-order valence-corrected chi connectivity index (χ1v) is 20.8. The summed E-state index contributed by atoms with van der Waals surface area (Å²) in [5.41, 5.74) is 13.1. The van der Waals surface area contributed by atoms with E-state index in [0.717, 1.165) is 0 Å². The van der Waals surface area contributed by atoms with Crippen LogP contribution in [-0.2, 0) is 0 Å². The topological polar surface area (TPSA) is 0 Å². The molecule has 11 aromatic rings. The summed E-state index contributed by atoms with van der Waals surface area (Å²) in [5, 5.41) is 13.2. The van der Waals surface area contributed by atoms with Gasteiger partial charge in [0.2, 0.25) is 0 Å². The Balaban J connectivity index is 1.13. The number of fused-ring (bicyclic) bond motifs is 7. The molecule has 0 saturated heterocycles. The fourth-order valence-corrected chi connectivity index (χ4v) is 11.7. The Bertz CT molecular complexity index is 3190. The zero-order valence-electron chi connectivity index (χ0n) is 30.7. The van der Waals surface area contributed by atoms with Crippen molar-refractivity contribution < 1.29 is 0 Å². The summed E-state index contributed by atoms with van der Waals surface area (Å²) in [5.74, 6) is 0. The predicted octanol–water partition coefficient (Wildman–Crippen LogP) is 14.9. The summed E-state index contributed by atoms with van der Waals surface area (Å²) >= 11 is 0.213. The van der Waals surface area contributed by atoms with Gasteiger partial charge in [0.1, 0.15) is 0 Å². The van der Waals surface area contributed by atoms with Crippen LogP contribution in [0.25, 0.3) is 107 Å². The van der Waals surface area contributed by atoms with Crippen LogP contribution in [0, 0.1) is 13.8 Å². The molecule has 0 atom stereocenters. The van der Waals surface area contributed by atoms with Gasteiger partial charge in [-0.15, -0.1) is 0 Å². The second kappa shape index (κ2) is 12.7. The molecule has 0 aliphatic rings. The van der Waals surface area contributed by atoms with Crippen molar-refractivity contribution in [3.8, 4) is 44.5 Å². The third-order valence-electron chi connectivity index (χ3n) is 11.7. The van der Waals surface area contributed by atoms with E-state index in [9.17, 15) is 0 Å². The minimum atomic E-state index is 0.213. The molecule has 55 heavy (non-hydrogen) atoms. The second-order valence-corrected chi connectivity index (χ2v) is 17.1. The van der Waals surface area contributed by atoms with Crippen molar-refractivity contribution in [3.05, 3.63) is 193 Å². The molecular weight excluding hydrogens is 728 g/mol. The van der Waals surface area contributed by atoms with Crippen LogP contribution in [0.5, 0.6) is 0 Å². The van der Waals surface area contributed by atoms with Crippen LogP contribution in [0.15, 0.2) is 182 Å². The molecule has 0 spiro atoms. The van der Waals surface area contributed by atoms with Gasteiger partial charge in [0.05, 0.1) is 0 Å². The summed E-state index contributed by atoms with van der Waals surface area (Å²) in [4.78, 5) is 0. The zero-order valence-corrected chi connectivity index (χ0v) is 32.4. The molecule has 10 aromatic carbocycles. The monoisotopic (exact) mass is 764 g/mol. The van der Waals surface area contributed by atoms with E-state index >= 15 is 0 Å². The van der Waals surface area contributed by atoms with Gasteiger partial charge in [-0.1, -0.05) is 0 Å².